The van der Waals surface area contributed by atoms with Crippen LogP contribution in [0.5, 0.6) is 0 Å². The zero-order valence-electron chi connectivity index (χ0n) is 13.8. The summed E-state index contributed by atoms with van der Waals surface area (Å²) in [6.07, 6.45) is 2.43. The summed E-state index contributed by atoms with van der Waals surface area (Å²) in [5.74, 6) is 0.610. The molecular weight excluding hydrogens is 306 g/mol. The van der Waals surface area contributed by atoms with Gasteiger partial charge in [0.1, 0.15) is 0 Å². The molecule has 2 aromatic rings. The van der Waals surface area contributed by atoms with Gasteiger partial charge in [0.2, 0.25) is 0 Å². The molecule has 2 aromatic carbocycles. The minimum Gasteiger partial charge on any atom is -0.296 e. The fraction of sp³-hybridized carbons (Fsp3) is 0.368. The van der Waals surface area contributed by atoms with Crippen LogP contribution < -0.4 is 0 Å². The Morgan fingerprint density at radius 2 is 1.65 bits per heavy atom. The van der Waals surface area contributed by atoms with Crippen molar-refractivity contribution in [1.29, 1.82) is 0 Å². The highest BCUT2D eigenvalue weighted by atomic mass is 32.2. The number of hydrogen-bond acceptors (Lipinski definition) is 3. The van der Waals surface area contributed by atoms with Crippen LogP contribution in [0, 0.1) is 0 Å². The average Bonchev–Trinajstić information content (AvgIpc) is 3.34. The number of sulfone groups is 1. The molecule has 4 heteroatoms. The van der Waals surface area contributed by atoms with Gasteiger partial charge in [-0.05, 0) is 43.7 Å². The van der Waals surface area contributed by atoms with Crippen LogP contribution in [0.3, 0.4) is 0 Å². The van der Waals surface area contributed by atoms with E-state index in [9.17, 15) is 8.42 Å². The summed E-state index contributed by atoms with van der Waals surface area (Å²) in [4.78, 5) is 2.78. The van der Waals surface area contributed by atoms with E-state index in [1.165, 1.54) is 18.2 Å². The summed E-state index contributed by atoms with van der Waals surface area (Å²) in [5, 5.41) is 0. The van der Waals surface area contributed by atoms with Crippen LogP contribution in [0.2, 0.25) is 0 Å². The van der Waals surface area contributed by atoms with Crippen molar-refractivity contribution in [2.45, 2.75) is 36.2 Å². The van der Waals surface area contributed by atoms with Gasteiger partial charge in [0.05, 0.1) is 4.90 Å². The van der Waals surface area contributed by atoms with Crippen LogP contribution in [0.1, 0.15) is 36.4 Å². The van der Waals surface area contributed by atoms with Crippen molar-refractivity contribution in [3.05, 3.63) is 65.7 Å². The second-order valence-corrected chi connectivity index (χ2v) is 8.52. The van der Waals surface area contributed by atoms with Gasteiger partial charge >= 0.3 is 0 Å². The lowest BCUT2D eigenvalue weighted by molar-refractivity contribution is 0.247. The number of benzene rings is 2. The minimum absolute atomic E-state index is 0.266. The van der Waals surface area contributed by atoms with Crippen LogP contribution in [0.4, 0.5) is 0 Å². The molecule has 1 aliphatic rings. The molecule has 1 aliphatic carbocycles. The van der Waals surface area contributed by atoms with Crippen molar-refractivity contribution < 1.29 is 8.42 Å². The summed E-state index contributed by atoms with van der Waals surface area (Å²) < 4.78 is 23.1. The lowest BCUT2D eigenvalue weighted by atomic mass is 10.1. The van der Waals surface area contributed by atoms with E-state index in [0.717, 1.165) is 5.56 Å². The second kappa shape index (κ2) is 6.10. The maximum Gasteiger partial charge on any atom is 0.175 e. The Morgan fingerprint density at radius 3 is 2.22 bits per heavy atom. The number of likely N-dealkylation sites (N-methyl/N-ethyl adjacent to an activating group) is 1. The van der Waals surface area contributed by atoms with Crippen LogP contribution in [-0.4, -0.2) is 32.7 Å². The van der Waals surface area contributed by atoms with E-state index in [0.29, 0.717) is 16.9 Å². The van der Waals surface area contributed by atoms with Crippen molar-refractivity contribution >= 4 is 9.84 Å². The Morgan fingerprint density at radius 1 is 1.04 bits per heavy atom. The van der Waals surface area contributed by atoms with Gasteiger partial charge in [0.15, 0.2) is 9.84 Å². The fourth-order valence-corrected chi connectivity index (χ4v) is 3.84. The van der Waals surface area contributed by atoms with Crippen molar-refractivity contribution in [2.75, 3.05) is 13.3 Å². The largest absolute Gasteiger partial charge is 0.296 e. The number of rotatable bonds is 5. The lowest BCUT2D eigenvalue weighted by Gasteiger charge is -2.26. The average molecular weight is 329 g/mol. The molecule has 0 N–H and O–H groups in total. The molecule has 0 radical (unpaired) electrons. The monoisotopic (exact) mass is 329 g/mol. The molecule has 0 heterocycles. The first-order chi connectivity index (χ1) is 10.9. The first kappa shape index (κ1) is 16.2. The van der Waals surface area contributed by atoms with E-state index in [1.54, 1.807) is 12.1 Å². The molecule has 0 aliphatic heterocycles. The molecule has 3 rings (SSSR count). The Labute approximate surface area is 138 Å². The molecule has 1 saturated carbocycles. The predicted octanol–water partition coefficient (Wildman–Crippen LogP) is 3.64. The van der Waals surface area contributed by atoms with E-state index < -0.39 is 9.84 Å². The van der Waals surface area contributed by atoms with Crippen LogP contribution >= 0.6 is 0 Å². The summed E-state index contributed by atoms with van der Waals surface area (Å²) >= 11 is 0. The molecule has 0 saturated heterocycles. The second-order valence-electron chi connectivity index (χ2n) is 6.50. The van der Waals surface area contributed by atoms with Crippen molar-refractivity contribution in [2.24, 2.45) is 0 Å². The zero-order valence-corrected chi connectivity index (χ0v) is 14.6. The summed E-state index contributed by atoms with van der Waals surface area (Å²) in [7, 11) is -0.972. The first-order valence-electron chi connectivity index (χ1n) is 7.95. The van der Waals surface area contributed by atoms with Crippen LogP contribution in [0.25, 0.3) is 0 Å². The molecule has 3 nitrogen and oxygen atoms in total. The van der Waals surface area contributed by atoms with E-state index >= 15 is 0 Å². The normalized spacial score (nSPS) is 22.1. The molecule has 0 bridgehead atoms. The topological polar surface area (TPSA) is 37.4 Å². The van der Waals surface area contributed by atoms with Gasteiger partial charge in [0.25, 0.3) is 0 Å². The Kier molecular flexibility index (Phi) is 4.30. The smallest absolute Gasteiger partial charge is 0.175 e. The number of hydrogen-bond donors (Lipinski definition) is 0. The molecule has 1 fully saturated rings. The predicted molar refractivity (Wildman–Crippen MR) is 93.3 cm³/mol. The van der Waals surface area contributed by atoms with Gasteiger partial charge in [0, 0.05) is 24.3 Å². The van der Waals surface area contributed by atoms with Gasteiger partial charge in [-0.1, -0.05) is 42.5 Å². The minimum atomic E-state index is -3.13. The van der Waals surface area contributed by atoms with Crippen molar-refractivity contribution in [3.63, 3.8) is 0 Å². The third kappa shape index (κ3) is 3.48. The Balaban J connectivity index is 1.70. The molecule has 0 unspecified atom stereocenters. The maximum absolute atomic E-state index is 11.6. The highest BCUT2D eigenvalue weighted by Crippen LogP contribution is 2.46. The maximum atomic E-state index is 11.6. The summed E-state index contributed by atoms with van der Waals surface area (Å²) in [6.45, 7) is 2.18. The summed E-state index contributed by atoms with van der Waals surface area (Å²) in [5.41, 5.74) is 2.56. The van der Waals surface area contributed by atoms with E-state index in [-0.39, 0.29) is 6.04 Å². The quantitative estimate of drug-likeness (QED) is 0.840. The highest BCUT2D eigenvalue weighted by molar-refractivity contribution is 7.90. The Bertz CT molecular complexity index is 769. The zero-order chi connectivity index (χ0) is 16.6. The first-order valence-corrected chi connectivity index (χ1v) is 9.84. The van der Waals surface area contributed by atoms with Gasteiger partial charge in [-0.3, -0.25) is 4.90 Å². The van der Waals surface area contributed by atoms with E-state index in [2.05, 4.69) is 49.2 Å². The number of nitrogens with zero attached hydrogens (tertiary/aromatic N) is 1. The third-order valence-corrected chi connectivity index (χ3v) is 6.04. The molecule has 0 amide bonds. The molecule has 122 valence electrons. The standard InChI is InChI=1S/C19H23NO2S/c1-14(15-9-11-17(12-10-15)23(3,21)22)20(2)19-13-18(19)16-7-5-4-6-8-16/h4-12,14,18-19H,13H2,1-3H3/t14-,18-,19+/m0/s1. The Hall–Kier alpha value is -1.65. The lowest BCUT2D eigenvalue weighted by Crippen LogP contribution is -2.25. The molecule has 0 spiro atoms. The molecule has 23 heavy (non-hydrogen) atoms. The van der Waals surface area contributed by atoms with E-state index in [4.69, 9.17) is 0 Å². The van der Waals surface area contributed by atoms with Gasteiger partial charge in [-0.2, -0.15) is 0 Å². The third-order valence-electron chi connectivity index (χ3n) is 4.91. The van der Waals surface area contributed by atoms with Crippen LogP contribution in [0.15, 0.2) is 59.5 Å². The van der Waals surface area contributed by atoms with E-state index in [1.807, 2.05) is 12.1 Å². The highest BCUT2D eigenvalue weighted by Gasteiger charge is 2.42. The SMILES string of the molecule is C[C@@H](c1ccc(S(C)(=O)=O)cc1)N(C)[C@@H]1C[C@H]1c1ccccc1. The van der Waals surface area contributed by atoms with Crippen molar-refractivity contribution in [1.82, 2.24) is 4.90 Å². The van der Waals surface area contributed by atoms with Gasteiger partial charge in [-0.15, -0.1) is 0 Å². The fourth-order valence-electron chi connectivity index (χ4n) is 3.21. The van der Waals surface area contributed by atoms with Gasteiger partial charge in [-0.25, -0.2) is 8.42 Å². The van der Waals surface area contributed by atoms with Gasteiger partial charge < -0.3 is 0 Å². The van der Waals surface area contributed by atoms with Crippen molar-refractivity contribution in [3.8, 4) is 0 Å². The summed E-state index contributed by atoms with van der Waals surface area (Å²) in [6, 6.07) is 18.7. The van der Waals surface area contributed by atoms with Crippen LogP contribution in [-0.2, 0) is 9.84 Å². The molecule has 0 aromatic heterocycles. The molecular formula is C19H23NO2S. The molecule has 3 atom stereocenters.